The van der Waals surface area contributed by atoms with Crippen molar-refractivity contribution in [2.45, 2.75) is 279 Å². The molecule has 0 aromatic heterocycles. The van der Waals surface area contributed by atoms with Crippen LogP contribution in [0.15, 0.2) is 0 Å². The van der Waals surface area contributed by atoms with Gasteiger partial charge in [0.2, 0.25) is 0 Å². The third-order valence-electron chi connectivity index (χ3n) is 13.7. The third-order valence-corrected chi connectivity index (χ3v) is 15.6. The van der Waals surface area contributed by atoms with Gasteiger partial charge in [-0.05, 0) is 43.4 Å². The van der Waals surface area contributed by atoms with Crippen LogP contribution in [0.1, 0.15) is 260 Å². The zero-order valence-corrected chi connectivity index (χ0v) is 49.8. The van der Waals surface area contributed by atoms with Crippen LogP contribution in [0.2, 0.25) is 0 Å². The maximum atomic E-state index is 12.9. The molecular weight excluding hydrogens is 1010 g/mol. The summed E-state index contributed by atoms with van der Waals surface area (Å²) in [6.07, 6.45) is 25.7. The molecule has 3 N–H and O–H groups in total. The lowest BCUT2D eigenvalue weighted by Gasteiger charge is -2.21. The number of aliphatic hydroxyl groups excluding tert-OH is 1. The van der Waals surface area contributed by atoms with Gasteiger partial charge in [-0.15, -0.1) is 0 Å². The average Bonchev–Trinajstić information content (AvgIpc) is 3.38. The Morgan fingerprint density at radius 3 is 0.947 bits per heavy atom. The van der Waals surface area contributed by atoms with Crippen molar-refractivity contribution in [3.8, 4) is 0 Å². The summed E-state index contributed by atoms with van der Waals surface area (Å²) < 4.78 is 67.4. The van der Waals surface area contributed by atoms with Crippen LogP contribution >= 0.6 is 15.6 Å². The summed E-state index contributed by atoms with van der Waals surface area (Å²) >= 11 is 0. The fourth-order valence-electron chi connectivity index (χ4n) is 7.97. The fraction of sp³-hybridized carbons (Fsp3) is 0.929. The number of phosphoric ester groups is 2. The Balaban J connectivity index is 5.22. The molecule has 8 atom stereocenters. The van der Waals surface area contributed by atoms with Gasteiger partial charge in [0, 0.05) is 25.7 Å². The van der Waals surface area contributed by atoms with Crippen molar-refractivity contribution < 1.29 is 80.2 Å². The monoisotopic (exact) mass is 1110 g/mol. The van der Waals surface area contributed by atoms with E-state index in [0.29, 0.717) is 25.7 Å². The lowest BCUT2D eigenvalue weighted by atomic mass is 10.00. The minimum atomic E-state index is -4.94. The van der Waals surface area contributed by atoms with Crippen molar-refractivity contribution >= 4 is 39.5 Å². The Morgan fingerprint density at radius 1 is 0.373 bits per heavy atom. The Labute approximate surface area is 454 Å². The molecule has 0 spiro atoms. The van der Waals surface area contributed by atoms with Crippen LogP contribution in [-0.2, 0) is 65.4 Å². The smallest absolute Gasteiger partial charge is 0.462 e. The Hall–Kier alpha value is -1.94. The minimum Gasteiger partial charge on any atom is -0.462 e. The minimum absolute atomic E-state index is 0.101. The quantitative estimate of drug-likeness (QED) is 0.0222. The lowest BCUT2D eigenvalue weighted by molar-refractivity contribution is -0.161. The molecule has 0 aromatic carbocycles. The highest BCUT2D eigenvalue weighted by molar-refractivity contribution is 7.47. The van der Waals surface area contributed by atoms with Gasteiger partial charge >= 0.3 is 39.5 Å². The molecule has 0 aromatic rings. The molecule has 19 heteroatoms. The molecule has 444 valence electrons. The van der Waals surface area contributed by atoms with Gasteiger partial charge in [-0.3, -0.25) is 37.3 Å². The van der Waals surface area contributed by atoms with Crippen LogP contribution in [-0.4, -0.2) is 96.7 Å². The number of rotatable bonds is 54. The van der Waals surface area contributed by atoms with E-state index in [1.807, 2.05) is 0 Å². The van der Waals surface area contributed by atoms with Crippen molar-refractivity contribution in [3.63, 3.8) is 0 Å². The van der Waals surface area contributed by atoms with E-state index < -0.39 is 97.5 Å². The second-order valence-corrected chi connectivity index (χ2v) is 24.0. The molecule has 0 saturated heterocycles. The first-order chi connectivity index (χ1) is 35.8. The van der Waals surface area contributed by atoms with Crippen molar-refractivity contribution in [2.75, 3.05) is 39.6 Å². The van der Waals surface area contributed by atoms with Crippen LogP contribution in [0.3, 0.4) is 0 Å². The Kier molecular flexibility index (Phi) is 46.8. The highest BCUT2D eigenvalue weighted by Crippen LogP contribution is 2.45. The molecule has 75 heavy (non-hydrogen) atoms. The van der Waals surface area contributed by atoms with Gasteiger partial charge in [0.25, 0.3) is 0 Å². The van der Waals surface area contributed by atoms with E-state index in [-0.39, 0.29) is 25.7 Å². The SMILES string of the molecule is CCCCCCCC(=O)OC[C@H](COP(=O)(O)OC[C@H](O)COP(=O)(O)OC[C@@H](COC(=O)CCCCCCCCC(C)CC)OC(=O)CCCCCCCCC(C)CC)OC(=O)CCCCCCCCC(C)CC. The Morgan fingerprint density at radius 2 is 0.640 bits per heavy atom. The van der Waals surface area contributed by atoms with Gasteiger partial charge in [0.1, 0.15) is 19.3 Å². The number of hydrogen-bond acceptors (Lipinski definition) is 15. The zero-order chi connectivity index (χ0) is 56.0. The summed E-state index contributed by atoms with van der Waals surface area (Å²) in [7, 11) is -9.86. The predicted octanol–water partition coefficient (Wildman–Crippen LogP) is 14.4. The van der Waals surface area contributed by atoms with E-state index >= 15 is 0 Å². The molecule has 0 aliphatic rings. The van der Waals surface area contributed by atoms with Gasteiger partial charge < -0.3 is 33.8 Å². The highest BCUT2D eigenvalue weighted by Gasteiger charge is 2.30. The molecule has 0 saturated carbocycles. The molecule has 0 bridgehead atoms. The standard InChI is InChI=1S/C56H108O17P2/c1-8-12-13-20-30-37-53(58)66-43-51(72-55(60)39-32-25-18-15-22-28-35-48(6)10-3)45-70-74(62,63)68-41-50(57)42-69-75(64,65)71-46-52(73-56(61)40-33-26-19-16-23-29-36-49(7)11-4)44-67-54(59)38-31-24-17-14-21-27-34-47(5)9-2/h47-52,57H,8-46H2,1-7H3,(H,62,63)(H,64,65)/t47?,48?,49?,50-,51+,52+/m0/s1. The number of esters is 4. The van der Waals surface area contributed by atoms with E-state index in [1.165, 1.54) is 57.8 Å². The van der Waals surface area contributed by atoms with Crippen molar-refractivity contribution in [1.29, 1.82) is 0 Å². The van der Waals surface area contributed by atoms with E-state index in [1.54, 1.807) is 0 Å². The summed E-state index contributed by atoms with van der Waals surface area (Å²) in [5, 5.41) is 10.5. The first-order valence-electron chi connectivity index (χ1n) is 29.5. The Bertz CT molecular complexity index is 1520. The maximum Gasteiger partial charge on any atom is 0.472 e. The molecule has 0 radical (unpaired) electrons. The normalized spacial score (nSPS) is 15.7. The van der Waals surface area contributed by atoms with Crippen molar-refractivity contribution in [2.24, 2.45) is 17.8 Å². The highest BCUT2D eigenvalue weighted by atomic mass is 31.2. The van der Waals surface area contributed by atoms with Gasteiger partial charge in [0.05, 0.1) is 26.4 Å². The van der Waals surface area contributed by atoms with Crippen molar-refractivity contribution in [3.05, 3.63) is 0 Å². The number of unbranched alkanes of at least 4 members (excludes halogenated alkanes) is 19. The predicted molar refractivity (Wildman–Crippen MR) is 294 cm³/mol. The van der Waals surface area contributed by atoms with Crippen LogP contribution in [0.5, 0.6) is 0 Å². The summed E-state index contributed by atoms with van der Waals surface area (Å²) in [6, 6.07) is 0. The summed E-state index contributed by atoms with van der Waals surface area (Å²) in [5.74, 6) is 0.00782. The number of phosphoric acid groups is 2. The van der Waals surface area contributed by atoms with Gasteiger partial charge in [0.15, 0.2) is 12.2 Å². The number of hydrogen-bond donors (Lipinski definition) is 3. The number of ether oxygens (including phenoxy) is 4. The van der Waals surface area contributed by atoms with Crippen molar-refractivity contribution in [1.82, 2.24) is 0 Å². The molecule has 0 aliphatic heterocycles. The number of aliphatic hydroxyl groups is 1. The molecule has 0 fully saturated rings. The average molecular weight is 1120 g/mol. The van der Waals surface area contributed by atoms with Gasteiger partial charge in [-0.25, -0.2) is 9.13 Å². The molecule has 17 nitrogen and oxygen atoms in total. The van der Waals surface area contributed by atoms with E-state index in [4.69, 9.17) is 37.0 Å². The molecule has 0 heterocycles. The van der Waals surface area contributed by atoms with Crippen LogP contribution in [0, 0.1) is 17.8 Å². The van der Waals surface area contributed by atoms with Gasteiger partial charge in [-0.2, -0.15) is 0 Å². The van der Waals surface area contributed by atoms with Gasteiger partial charge in [-0.1, -0.05) is 209 Å². The summed E-state index contributed by atoms with van der Waals surface area (Å²) in [6.45, 7) is 11.5. The summed E-state index contributed by atoms with van der Waals surface area (Å²) in [5.41, 5.74) is 0. The second-order valence-electron chi connectivity index (χ2n) is 21.0. The van der Waals surface area contributed by atoms with E-state index in [2.05, 4.69) is 48.5 Å². The molecule has 0 amide bonds. The lowest BCUT2D eigenvalue weighted by Crippen LogP contribution is -2.30. The third kappa shape index (κ3) is 47.8. The number of carbonyl (C=O) groups is 4. The molecule has 0 aliphatic carbocycles. The first kappa shape index (κ1) is 73.1. The number of carbonyl (C=O) groups excluding carboxylic acids is 4. The van der Waals surface area contributed by atoms with E-state index in [0.717, 1.165) is 120 Å². The largest absolute Gasteiger partial charge is 0.472 e. The fourth-order valence-corrected chi connectivity index (χ4v) is 9.55. The molecular formula is C56H108O17P2. The topological polar surface area (TPSA) is 237 Å². The molecule has 0 rings (SSSR count). The van der Waals surface area contributed by atoms with Crippen LogP contribution in [0.25, 0.3) is 0 Å². The van der Waals surface area contributed by atoms with Crippen LogP contribution in [0.4, 0.5) is 0 Å². The second kappa shape index (κ2) is 48.0. The zero-order valence-electron chi connectivity index (χ0n) is 48.0. The summed E-state index contributed by atoms with van der Waals surface area (Å²) in [4.78, 5) is 71.5. The maximum absolute atomic E-state index is 12.9. The first-order valence-corrected chi connectivity index (χ1v) is 32.5. The molecule has 5 unspecified atom stereocenters. The van der Waals surface area contributed by atoms with Crippen LogP contribution < -0.4 is 0 Å². The van der Waals surface area contributed by atoms with E-state index in [9.17, 15) is 43.2 Å².